The predicted octanol–water partition coefficient (Wildman–Crippen LogP) is 3.05. The van der Waals surface area contributed by atoms with Gasteiger partial charge in [0, 0.05) is 54.4 Å². The number of carbonyl (C=O) groups excluding carboxylic acids is 3. The number of alkyl halides is 3. The molecule has 212 valence electrons. The minimum Gasteiger partial charge on any atom is -0.384 e. The lowest BCUT2D eigenvalue weighted by atomic mass is 9.66. The van der Waals surface area contributed by atoms with E-state index in [4.69, 9.17) is 0 Å². The van der Waals surface area contributed by atoms with Gasteiger partial charge in [-0.25, -0.2) is 4.39 Å². The minimum atomic E-state index is -4.52. The van der Waals surface area contributed by atoms with Crippen molar-refractivity contribution in [3.8, 4) is 0 Å². The fourth-order valence-corrected chi connectivity index (χ4v) is 7.09. The largest absolute Gasteiger partial charge is 0.433 e. The lowest BCUT2D eigenvalue weighted by Gasteiger charge is -2.50. The number of carbonyl (C=O) groups is 3. The van der Waals surface area contributed by atoms with Gasteiger partial charge in [-0.1, -0.05) is 13.0 Å². The summed E-state index contributed by atoms with van der Waals surface area (Å²) in [6.45, 7) is 2.90. The second-order valence-electron chi connectivity index (χ2n) is 11.3. The molecule has 8 nitrogen and oxygen atoms in total. The van der Waals surface area contributed by atoms with E-state index in [2.05, 4.69) is 10.3 Å². The van der Waals surface area contributed by atoms with E-state index in [9.17, 15) is 32.7 Å². The molecule has 4 heterocycles. The van der Waals surface area contributed by atoms with Crippen LogP contribution in [-0.2, 0) is 40.9 Å². The maximum absolute atomic E-state index is 16.2. The highest BCUT2D eigenvalue weighted by Crippen LogP contribution is 2.58. The Hall–Kier alpha value is -3.38. The van der Waals surface area contributed by atoms with Gasteiger partial charge in [-0.15, -0.1) is 0 Å². The van der Waals surface area contributed by atoms with Crippen molar-refractivity contribution in [1.29, 1.82) is 0 Å². The van der Waals surface area contributed by atoms with Crippen LogP contribution in [0.25, 0.3) is 0 Å². The highest BCUT2D eigenvalue weighted by atomic mass is 19.4. The van der Waals surface area contributed by atoms with Crippen molar-refractivity contribution >= 4 is 17.7 Å². The lowest BCUT2D eigenvalue weighted by Crippen LogP contribution is -2.56. The number of pyridine rings is 1. The summed E-state index contributed by atoms with van der Waals surface area (Å²) < 4.78 is 54.9. The van der Waals surface area contributed by atoms with Crippen LogP contribution in [0.3, 0.4) is 0 Å². The summed E-state index contributed by atoms with van der Waals surface area (Å²) in [6, 6.07) is 3.11. The summed E-state index contributed by atoms with van der Waals surface area (Å²) in [6.07, 6.45) is -2.01. The Morgan fingerprint density at radius 2 is 2.00 bits per heavy atom. The van der Waals surface area contributed by atoms with Crippen molar-refractivity contribution in [1.82, 2.24) is 20.1 Å². The lowest BCUT2D eigenvalue weighted by molar-refractivity contribution is -0.141. The molecular weight excluding hydrogens is 532 g/mol. The van der Waals surface area contributed by atoms with Crippen LogP contribution in [0.2, 0.25) is 0 Å². The minimum absolute atomic E-state index is 0.0906. The fraction of sp³-hybridized carbons (Fsp3) is 0.500. The summed E-state index contributed by atoms with van der Waals surface area (Å²) in [4.78, 5) is 44.1. The third-order valence-electron chi connectivity index (χ3n) is 9.19. The number of aliphatic hydroxyl groups is 1. The maximum Gasteiger partial charge on any atom is 0.433 e. The van der Waals surface area contributed by atoms with E-state index < -0.39 is 52.5 Å². The number of nitrogens with zero attached hydrogens (tertiary/aromatic N) is 3. The number of hydrogen-bond acceptors (Lipinski definition) is 6. The first-order valence-corrected chi connectivity index (χ1v) is 13.3. The Morgan fingerprint density at radius 3 is 2.65 bits per heavy atom. The average molecular weight is 561 g/mol. The Kier molecular flexibility index (Phi) is 6.08. The van der Waals surface area contributed by atoms with Crippen molar-refractivity contribution < 1.29 is 37.1 Å². The van der Waals surface area contributed by atoms with E-state index >= 15 is 4.39 Å². The molecule has 12 heteroatoms. The second kappa shape index (κ2) is 9.07. The summed E-state index contributed by atoms with van der Waals surface area (Å²) in [7, 11) is 0. The average Bonchev–Trinajstić information content (AvgIpc) is 3.36. The number of nitrogens with one attached hydrogen (secondary N) is 1. The number of aromatic nitrogens is 1. The normalized spacial score (nSPS) is 28.4. The van der Waals surface area contributed by atoms with Crippen molar-refractivity contribution in [2.45, 2.75) is 69.9 Å². The van der Waals surface area contributed by atoms with E-state index in [1.54, 1.807) is 6.07 Å². The summed E-state index contributed by atoms with van der Waals surface area (Å²) in [5, 5.41) is 14.3. The molecule has 2 N–H and O–H groups in total. The molecule has 0 spiro atoms. The van der Waals surface area contributed by atoms with E-state index in [0.717, 1.165) is 6.07 Å². The zero-order valence-corrected chi connectivity index (χ0v) is 21.8. The molecule has 1 aromatic carbocycles. The van der Waals surface area contributed by atoms with Crippen LogP contribution in [-0.4, -0.2) is 56.7 Å². The number of fused-ring (bicyclic) bond motifs is 4. The van der Waals surface area contributed by atoms with Crippen molar-refractivity contribution in [2.75, 3.05) is 13.1 Å². The first-order valence-electron chi connectivity index (χ1n) is 13.3. The molecule has 2 saturated heterocycles. The molecule has 3 amide bonds. The molecule has 3 unspecified atom stereocenters. The standard InChI is InChI=1S/C28H28F4N4O4/c1-2-26-10-16-9-17-18(13-36(25(17)39)19-4-6-21(37)34-24(19)38)23(29)22(16)27(26,40)7-8-35(14-26)12-15-3-5-20(33-11-15)28(30,31)32/h3,5,9,11,19,40H,2,4,6-8,10,12-14H2,1H3,(H,34,37,38). The van der Waals surface area contributed by atoms with E-state index in [1.165, 1.54) is 17.2 Å². The molecule has 3 aliphatic heterocycles. The monoisotopic (exact) mass is 560 g/mol. The van der Waals surface area contributed by atoms with E-state index in [1.807, 2.05) is 11.8 Å². The van der Waals surface area contributed by atoms with Crippen LogP contribution in [0.1, 0.15) is 70.9 Å². The zero-order chi connectivity index (χ0) is 28.6. The summed E-state index contributed by atoms with van der Waals surface area (Å²) in [5.74, 6) is -2.09. The van der Waals surface area contributed by atoms with Gasteiger partial charge in [0.2, 0.25) is 11.8 Å². The first kappa shape index (κ1) is 26.8. The SMILES string of the molecule is CCC12Cc3cc4c(c(F)c3C1(O)CCN(Cc1ccc(C(F)(F)F)nc1)C2)CN(C1CCC(=O)NC1=O)C4=O. The number of imide groups is 1. The van der Waals surface area contributed by atoms with Crippen LogP contribution in [0.5, 0.6) is 0 Å². The van der Waals surface area contributed by atoms with E-state index in [-0.39, 0.29) is 42.5 Å². The Bertz CT molecular complexity index is 1430. The number of likely N-dealkylation sites (tertiary alicyclic amines) is 1. The number of hydrogen-bond donors (Lipinski definition) is 2. The Labute approximate surface area is 227 Å². The highest BCUT2D eigenvalue weighted by Gasteiger charge is 2.60. The molecular formula is C28H28F4N4O4. The fourth-order valence-electron chi connectivity index (χ4n) is 7.09. The quantitative estimate of drug-likeness (QED) is 0.440. The molecule has 0 saturated carbocycles. The number of benzene rings is 1. The van der Waals surface area contributed by atoms with E-state index in [0.29, 0.717) is 43.6 Å². The number of rotatable bonds is 4. The van der Waals surface area contributed by atoms with Gasteiger partial charge in [0.05, 0.1) is 6.54 Å². The molecule has 4 aliphatic rings. The molecule has 1 aliphatic carbocycles. The topological polar surface area (TPSA) is 103 Å². The molecule has 40 heavy (non-hydrogen) atoms. The highest BCUT2D eigenvalue weighted by molar-refractivity contribution is 6.05. The van der Waals surface area contributed by atoms with Gasteiger partial charge in [-0.05, 0) is 48.9 Å². The van der Waals surface area contributed by atoms with Gasteiger partial charge in [-0.2, -0.15) is 13.2 Å². The predicted molar refractivity (Wildman–Crippen MR) is 132 cm³/mol. The number of amides is 3. The molecule has 3 atom stereocenters. The maximum atomic E-state index is 16.2. The number of halogens is 4. The van der Waals surface area contributed by atoms with Gasteiger partial charge in [0.25, 0.3) is 5.91 Å². The first-order chi connectivity index (χ1) is 18.9. The van der Waals surface area contributed by atoms with Gasteiger partial charge >= 0.3 is 6.18 Å². The molecule has 2 aromatic rings. The van der Waals surface area contributed by atoms with Gasteiger partial charge < -0.3 is 10.0 Å². The van der Waals surface area contributed by atoms with Crippen LogP contribution >= 0.6 is 0 Å². The number of piperidine rings is 2. The molecule has 6 rings (SSSR count). The smallest absolute Gasteiger partial charge is 0.384 e. The van der Waals surface area contributed by atoms with Crippen LogP contribution in [0.15, 0.2) is 24.4 Å². The third-order valence-corrected chi connectivity index (χ3v) is 9.19. The Morgan fingerprint density at radius 1 is 1.23 bits per heavy atom. The van der Waals surface area contributed by atoms with Gasteiger partial charge in [-0.3, -0.25) is 29.6 Å². The van der Waals surface area contributed by atoms with Crippen LogP contribution in [0.4, 0.5) is 17.6 Å². The van der Waals surface area contributed by atoms with Gasteiger partial charge in [0.1, 0.15) is 23.2 Å². The summed E-state index contributed by atoms with van der Waals surface area (Å²) >= 11 is 0. The molecule has 1 aromatic heterocycles. The van der Waals surface area contributed by atoms with Gasteiger partial charge in [0.15, 0.2) is 0 Å². The van der Waals surface area contributed by atoms with Crippen molar-refractivity contribution in [3.05, 3.63) is 63.7 Å². The molecule has 0 radical (unpaired) electrons. The second-order valence-corrected chi connectivity index (χ2v) is 11.3. The van der Waals surface area contributed by atoms with Crippen LogP contribution < -0.4 is 5.32 Å². The Balaban J connectivity index is 1.26. The zero-order valence-electron chi connectivity index (χ0n) is 21.8. The summed E-state index contributed by atoms with van der Waals surface area (Å²) in [5.41, 5.74) is -1.54. The molecule has 0 bridgehead atoms. The molecule has 2 fully saturated rings. The van der Waals surface area contributed by atoms with Crippen molar-refractivity contribution in [3.63, 3.8) is 0 Å². The van der Waals surface area contributed by atoms with Crippen molar-refractivity contribution in [2.24, 2.45) is 5.41 Å². The van der Waals surface area contributed by atoms with Crippen LogP contribution in [0, 0.1) is 11.2 Å². The third kappa shape index (κ3) is 3.94.